The SMILES string of the molecule is CCN1CCCC1CNC(=NC)NCCSC.I. The number of hydrogen-bond donors (Lipinski definition) is 2. The summed E-state index contributed by atoms with van der Waals surface area (Å²) < 4.78 is 0. The minimum Gasteiger partial charge on any atom is -0.356 e. The average molecular weight is 386 g/mol. The van der Waals surface area contributed by atoms with E-state index in [1.807, 2.05) is 18.8 Å². The molecule has 0 amide bonds. The molecule has 1 aliphatic heterocycles. The third-order valence-electron chi connectivity index (χ3n) is 3.23. The standard InChI is InChI=1S/C12H26N4S.HI/c1-4-16-8-5-6-11(16)10-15-12(13-2)14-7-9-17-3;/h11H,4-10H2,1-3H3,(H2,13,14,15);1H. The maximum absolute atomic E-state index is 4.24. The van der Waals surface area contributed by atoms with Crippen molar-refractivity contribution < 1.29 is 0 Å². The topological polar surface area (TPSA) is 39.7 Å². The Morgan fingerprint density at radius 3 is 2.83 bits per heavy atom. The van der Waals surface area contributed by atoms with E-state index in [0.717, 1.165) is 31.3 Å². The fourth-order valence-corrected chi connectivity index (χ4v) is 2.56. The number of aliphatic imine (C=N–C) groups is 1. The third-order valence-corrected chi connectivity index (χ3v) is 3.84. The molecule has 108 valence electrons. The first-order valence-corrected chi connectivity index (χ1v) is 7.88. The van der Waals surface area contributed by atoms with Crippen LogP contribution in [0.1, 0.15) is 19.8 Å². The minimum atomic E-state index is 0. The Kier molecular flexibility index (Phi) is 11.4. The van der Waals surface area contributed by atoms with Crippen molar-refractivity contribution in [3.8, 4) is 0 Å². The van der Waals surface area contributed by atoms with E-state index in [1.165, 1.54) is 19.4 Å². The summed E-state index contributed by atoms with van der Waals surface area (Å²) >= 11 is 1.85. The largest absolute Gasteiger partial charge is 0.356 e. The van der Waals surface area contributed by atoms with E-state index in [9.17, 15) is 0 Å². The number of hydrogen-bond acceptors (Lipinski definition) is 3. The molecule has 1 heterocycles. The lowest BCUT2D eigenvalue weighted by molar-refractivity contribution is 0.267. The van der Waals surface area contributed by atoms with Crippen molar-refractivity contribution >= 4 is 41.7 Å². The molecular formula is C12H27IN4S. The Bertz CT molecular complexity index is 238. The van der Waals surface area contributed by atoms with Crippen LogP contribution in [0.4, 0.5) is 0 Å². The Balaban J connectivity index is 0.00000289. The van der Waals surface area contributed by atoms with Crippen LogP contribution in [0.15, 0.2) is 4.99 Å². The number of nitrogens with zero attached hydrogens (tertiary/aromatic N) is 2. The van der Waals surface area contributed by atoms with Gasteiger partial charge in [-0.1, -0.05) is 6.92 Å². The van der Waals surface area contributed by atoms with Gasteiger partial charge in [0.2, 0.25) is 0 Å². The molecule has 1 rings (SSSR count). The monoisotopic (exact) mass is 386 g/mol. The molecule has 1 atom stereocenters. The fourth-order valence-electron chi connectivity index (χ4n) is 2.25. The molecule has 0 aromatic carbocycles. The molecule has 1 aliphatic rings. The van der Waals surface area contributed by atoms with Gasteiger partial charge in [-0.2, -0.15) is 11.8 Å². The van der Waals surface area contributed by atoms with Gasteiger partial charge in [0.1, 0.15) is 0 Å². The number of rotatable bonds is 6. The molecule has 0 aromatic rings. The van der Waals surface area contributed by atoms with E-state index in [4.69, 9.17) is 0 Å². The summed E-state index contributed by atoms with van der Waals surface area (Å²) in [7, 11) is 1.83. The summed E-state index contributed by atoms with van der Waals surface area (Å²) in [6.45, 7) is 6.63. The minimum absolute atomic E-state index is 0. The van der Waals surface area contributed by atoms with Crippen LogP contribution >= 0.6 is 35.7 Å². The molecule has 1 unspecified atom stereocenters. The van der Waals surface area contributed by atoms with Crippen molar-refractivity contribution in [1.29, 1.82) is 0 Å². The zero-order valence-corrected chi connectivity index (χ0v) is 14.9. The number of likely N-dealkylation sites (N-methyl/N-ethyl adjacent to an activating group) is 1. The van der Waals surface area contributed by atoms with Crippen LogP contribution in [-0.4, -0.2) is 62.1 Å². The first-order valence-electron chi connectivity index (χ1n) is 6.49. The summed E-state index contributed by atoms with van der Waals surface area (Å²) in [6, 6.07) is 0.680. The number of nitrogens with one attached hydrogen (secondary N) is 2. The van der Waals surface area contributed by atoms with Crippen molar-refractivity contribution in [1.82, 2.24) is 15.5 Å². The van der Waals surface area contributed by atoms with Crippen LogP contribution < -0.4 is 10.6 Å². The second-order valence-electron chi connectivity index (χ2n) is 4.30. The summed E-state index contributed by atoms with van der Waals surface area (Å²) in [6.07, 6.45) is 4.76. The molecule has 0 saturated carbocycles. The highest BCUT2D eigenvalue weighted by molar-refractivity contribution is 14.0. The maximum Gasteiger partial charge on any atom is 0.191 e. The van der Waals surface area contributed by atoms with Crippen molar-refractivity contribution in [2.45, 2.75) is 25.8 Å². The first-order chi connectivity index (χ1) is 8.31. The summed E-state index contributed by atoms with van der Waals surface area (Å²) in [4.78, 5) is 6.78. The summed E-state index contributed by atoms with van der Waals surface area (Å²) in [5, 5.41) is 6.75. The Labute approximate surface area is 133 Å². The van der Waals surface area contributed by atoms with E-state index >= 15 is 0 Å². The number of halogens is 1. The second kappa shape index (κ2) is 11.2. The first kappa shape index (κ1) is 18.3. The van der Waals surface area contributed by atoms with E-state index in [0.29, 0.717) is 6.04 Å². The van der Waals surface area contributed by atoms with Crippen LogP contribution in [-0.2, 0) is 0 Å². The van der Waals surface area contributed by atoms with Crippen molar-refractivity contribution in [2.75, 3.05) is 45.2 Å². The Morgan fingerprint density at radius 1 is 1.44 bits per heavy atom. The maximum atomic E-state index is 4.24. The lowest BCUT2D eigenvalue weighted by Gasteiger charge is -2.23. The smallest absolute Gasteiger partial charge is 0.191 e. The molecule has 4 nitrogen and oxygen atoms in total. The van der Waals surface area contributed by atoms with Crippen LogP contribution in [0.2, 0.25) is 0 Å². The molecule has 0 radical (unpaired) electrons. The van der Waals surface area contributed by atoms with Gasteiger partial charge >= 0.3 is 0 Å². The van der Waals surface area contributed by atoms with Gasteiger partial charge < -0.3 is 10.6 Å². The van der Waals surface area contributed by atoms with Gasteiger partial charge in [-0.05, 0) is 32.2 Å². The highest BCUT2D eigenvalue weighted by atomic mass is 127. The molecule has 0 spiro atoms. The second-order valence-corrected chi connectivity index (χ2v) is 5.28. The predicted octanol–water partition coefficient (Wildman–Crippen LogP) is 1.62. The van der Waals surface area contributed by atoms with Crippen molar-refractivity contribution in [2.24, 2.45) is 4.99 Å². The van der Waals surface area contributed by atoms with Crippen molar-refractivity contribution in [3.63, 3.8) is 0 Å². The molecule has 0 aromatic heterocycles. The van der Waals surface area contributed by atoms with E-state index in [1.54, 1.807) is 0 Å². The molecule has 1 fully saturated rings. The van der Waals surface area contributed by atoms with Crippen molar-refractivity contribution in [3.05, 3.63) is 0 Å². The number of thioether (sulfide) groups is 1. The van der Waals surface area contributed by atoms with E-state index in [2.05, 4.69) is 33.7 Å². The zero-order valence-electron chi connectivity index (χ0n) is 11.7. The molecule has 2 N–H and O–H groups in total. The fraction of sp³-hybridized carbons (Fsp3) is 0.917. The lowest BCUT2D eigenvalue weighted by atomic mass is 10.2. The lowest BCUT2D eigenvalue weighted by Crippen LogP contribution is -2.45. The van der Waals surface area contributed by atoms with Gasteiger partial charge in [0.15, 0.2) is 5.96 Å². The van der Waals surface area contributed by atoms with Crippen LogP contribution in [0.3, 0.4) is 0 Å². The highest BCUT2D eigenvalue weighted by Crippen LogP contribution is 2.15. The molecule has 6 heteroatoms. The van der Waals surface area contributed by atoms with Gasteiger partial charge in [-0.3, -0.25) is 9.89 Å². The molecule has 0 bridgehead atoms. The molecule has 0 aliphatic carbocycles. The van der Waals surface area contributed by atoms with Crippen LogP contribution in [0.25, 0.3) is 0 Å². The van der Waals surface area contributed by atoms with Gasteiger partial charge in [0, 0.05) is 31.9 Å². The quantitative estimate of drug-likeness (QED) is 0.315. The van der Waals surface area contributed by atoms with Crippen LogP contribution in [0, 0.1) is 0 Å². The van der Waals surface area contributed by atoms with Gasteiger partial charge in [-0.15, -0.1) is 24.0 Å². The van der Waals surface area contributed by atoms with Gasteiger partial charge in [0.05, 0.1) is 0 Å². The molecule has 1 saturated heterocycles. The number of guanidine groups is 1. The molecular weight excluding hydrogens is 359 g/mol. The highest BCUT2D eigenvalue weighted by Gasteiger charge is 2.22. The summed E-state index contributed by atoms with van der Waals surface area (Å²) in [5.41, 5.74) is 0. The molecule has 18 heavy (non-hydrogen) atoms. The predicted molar refractivity (Wildman–Crippen MR) is 93.4 cm³/mol. The number of likely N-dealkylation sites (tertiary alicyclic amines) is 1. The normalized spacial score (nSPS) is 20.6. The van der Waals surface area contributed by atoms with E-state index < -0.39 is 0 Å². The Morgan fingerprint density at radius 2 is 2.22 bits per heavy atom. The third kappa shape index (κ3) is 6.47. The Hall–Kier alpha value is 0.310. The van der Waals surface area contributed by atoms with Gasteiger partial charge in [-0.25, -0.2) is 0 Å². The summed E-state index contributed by atoms with van der Waals surface area (Å²) in [5.74, 6) is 2.05. The van der Waals surface area contributed by atoms with Crippen LogP contribution in [0.5, 0.6) is 0 Å². The van der Waals surface area contributed by atoms with Gasteiger partial charge in [0.25, 0.3) is 0 Å². The zero-order chi connectivity index (χ0) is 12.5. The average Bonchev–Trinajstić information content (AvgIpc) is 2.81. The van der Waals surface area contributed by atoms with E-state index in [-0.39, 0.29) is 24.0 Å².